The lowest BCUT2D eigenvalue weighted by molar-refractivity contribution is 0.0988. The van der Waals surface area contributed by atoms with Crippen LogP contribution in [0.2, 0.25) is 0 Å². The van der Waals surface area contributed by atoms with Crippen molar-refractivity contribution in [2.24, 2.45) is 10.7 Å². The average molecular weight is 580 g/mol. The summed E-state index contributed by atoms with van der Waals surface area (Å²) in [6.07, 6.45) is 2.22. The number of pyridine rings is 1. The molecule has 0 amide bonds. The lowest BCUT2D eigenvalue weighted by Crippen LogP contribution is -2.66. The topological polar surface area (TPSA) is 152 Å². The zero-order chi connectivity index (χ0) is 28.4. The number of sulfonamides is 2. The van der Waals surface area contributed by atoms with Crippen molar-refractivity contribution in [1.29, 1.82) is 0 Å². The third-order valence-electron chi connectivity index (χ3n) is 8.08. The number of hydrogen-bond donors (Lipinski definition) is 1. The number of nitrogens with two attached hydrogens (primary N) is 1. The summed E-state index contributed by atoms with van der Waals surface area (Å²) in [6, 6.07) is 7.12. The number of hydrogen-bond acceptors (Lipinski definition) is 9. The summed E-state index contributed by atoms with van der Waals surface area (Å²) in [5.41, 5.74) is 4.77. The number of ketones is 1. The molecule has 14 heteroatoms. The second-order valence-electron chi connectivity index (χ2n) is 10.3. The van der Waals surface area contributed by atoms with E-state index in [2.05, 4.69) is 9.98 Å². The molecule has 1 saturated heterocycles. The van der Waals surface area contributed by atoms with Gasteiger partial charge in [0.05, 0.1) is 18.6 Å². The van der Waals surface area contributed by atoms with Crippen LogP contribution in [0, 0.1) is 5.82 Å². The number of aromatic nitrogens is 1. The summed E-state index contributed by atoms with van der Waals surface area (Å²) in [5.74, 6) is -0.927. The molecule has 1 aromatic heterocycles. The molecule has 1 aromatic carbocycles. The Kier molecular flexibility index (Phi) is 6.50. The van der Waals surface area contributed by atoms with Gasteiger partial charge in [-0.2, -0.15) is 4.31 Å². The fourth-order valence-corrected chi connectivity index (χ4v) is 9.61. The Hall–Kier alpha value is -3.10. The quantitative estimate of drug-likeness (QED) is 0.483. The highest BCUT2D eigenvalue weighted by atomic mass is 32.2. The Labute approximate surface area is 227 Å². The Morgan fingerprint density at radius 2 is 1.97 bits per heavy atom. The molecule has 0 radical (unpaired) electrons. The minimum Gasteiger partial charge on any atom is -0.495 e. The van der Waals surface area contributed by atoms with Crippen molar-refractivity contribution in [3.8, 4) is 5.75 Å². The fraction of sp³-hybridized carbons (Fsp3) is 0.480. The van der Waals surface area contributed by atoms with E-state index in [0.29, 0.717) is 24.2 Å². The third-order valence-corrected chi connectivity index (χ3v) is 13.1. The van der Waals surface area contributed by atoms with Crippen LogP contribution in [0.5, 0.6) is 5.75 Å². The molecule has 0 unspecified atom stereocenters. The van der Waals surface area contributed by atoms with E-state index < -0.39 is 41.4 Å². The number of methoxy groups -OCH3 is 1. The van der Waals surface area contributed by atoms with Crippen LogP contribution in [0.25, 0.3) is 0 Å². The van der Waals surface area contributed by atoms with Crippen molar-refractivity contribution in [3.63, 3.8) is 0 Å². The van der Waals surface area contributed by atoms with Gasteiger partial charge >= 0.3 is 0 Å². The fourth-order valence-electron chi connectivity index (χ4n) is 5.49. The molecule has 2 aliphatic heterocycles. The molecule has 11 nitrogen and oxygen atoms in total. The molecule has 39 heavy (non-hydrogen) atoms. The molecule has 2 atom stereocenters. The van der Waals surface area contributed by atoms with E-state index in [9.17, 15) is 21.6 Å². The second-order valence-corrected chi connectivity index (χ2v) is 14.8. The summed E-state index contributed by atoms with van der Waals surface area (Å²) in [6.45, 7) is 1.04. The van der Waals surface area contributed by atoms with E-state index in [4.69, 9.17) is 10.5 Å². The van der Waals surface area contributed by atoms with Gasteiger partial charge < -0.3 is 10.5 Å². The molecule has 3 heterocycles. The average Bonchev–Trinajstić information content (AvgIpc) is 3.66. The van der Waals surface area contributed by atoms with Crippen molar-refractivity contribution in [2.75, 3.05) is 27.2 Å². The highest BCUT2D eigenvalue weighted by Crippen LogP contribution is 2.52. The maximum Gasteiger partial charge on any atom is 0.247 e. The Morgan fingerprint density at radius 1 is 1.26 bits per heavy atom. The first-order chi connectivity index (χ1) is 18.3. The molecule has 210 valence electrons. The second kappa shape index (κ2) is 9.24. The minimum atomic E-state index is -4.29. The smallest absolute Gasteiger partial charge is 0.247 e. The number of ether oxygens (including phenoxy) is 1. The van der Waals surface area contributed by atoms with Crippen molar-refractivity contribution >= 4 is 31.8 Å². The van der Waals surface area contributed by atoms with E-state index in [1.807, 2.05) is 0 Å². The SMILES string of the molecule is COc1ccc(C(=O)Cc2ccc(F)c([C@@]3(C)N=C(N)N(C)S(=O)(=O)[C@@]34CCN(S(=O)(=O)C3CC3)C4)c2)nc1. The number of benzene rings is 1. The molecule has 1 aliphatic carbocycles. The van der Waals surface area contributed by atoms with Gasteiger partial charge in [0.2, 0.25) is 26.0 Å². The van der Waals surface area contributed by atoms with Gasteiger partial charge in [-0.15, -0.1) is 0 Å². The Balaban J connectivity index is 1.58. The van der Waals surface area contributed by atoms with Gasteiger partial charge in [0.1, 0.15) is 27.5 Å². The van der Waals surface area contributed by atoms with Crippen LogP contribution in [-0.4, -0.2) is 79.4 Å². The molecule has 3 aliphatic rings. The standard InChI is InChI=1S/C25H30FN5O6S2/c1-24(19-12-16(4-8-20(19)26)13-22(32)21-9-5-17(37-3)14-28-21)25(39(35,36)30(2)23(27)29-24)10-11-31(15-25)38(33,34)18-6-7-18/h4-5,8-9,12,14,18H,6-7,10-11,13,15H2,1-3H3,(H2,27,29)/t24-,25-/m1/s1. The van der Waals surface area contributed by atoms with Crippen molar-refractivity contribution in [2.45, 2.75) is 48.1 Å². The maximum absolute atomic E-state index is 15.6. The number of rotatable bonds is 7. The van der Waals surface area contributed by atoms with Crippen LogP contribution in [-0.2, 0) is 32.0 Å². The number of aliphatic imine (C=N–C) groups is 1. The molecular weight excluding hydrogens is 549 g/mol. The monoisotopic (exact) mass is 579 g/mol. The zero-order valence-corrected chi connectivity index (χ0v) is 23.4. The van der Waals surface area contributed by atoms with Gasteiger partial charge in [-0.25, -0.2) is 35.5 Å². The van der Waals surface area contributed by atoms with Crippen molar-refractivity contribution in [3.05, 3.63) is 59.2 Å². The summed E-state index contributed by atoms with van der Waals surface area (Å²) >= 11 is 0. The van der Waals surface area contributed by atoms with E-state index >= 15 is 4.39 Å². The number of nitrogens with zero attached hydrogens (tertiary/aromatic N) is 4. The van der Waals surface area contributed by atoms with Gasteiger partial charge in [0.25, 0.3) is 0 Å². The Bertz CT molecular complexity index is 1580. The predicted molar refractivity (Wildman–Crippen MR) is 142 cm³/mol. The van der Waals surface area contributed by atoms with E-state index in [1.165, 1.54) is 49.8 Å². The zero-order valence-electron chi connectivity index (χ0n) is 21.8. The van der Waals surface area contributed by atoms with E-state index in [0.717, 1.165) is 10.4 Å². The van der Waals surface area contributed by atoms with Gasteiger partial charge in [-0.3, -0.25) is 4.79 Å². The van der Waals surface area contributed by atoms with Crippen LogP contribution in [0.15, 0.2) is 41.5 Å². The third kappa shape index (κ3) is 4.19. The molecule has 5 rings (SSSR count). The van der Waals surface area contributed by atoms with Gasteiger partial charge in [-0.1, -0.05) is 6.07 Å². The van der Waals surface area contributed by atoms with Gasteiger partial charge in [-0.05, 0) is 56.0 Å². The van der Waals surface area contributed by atoms with Crippen molar-refractivity contribution < 1.29 is 30.8 Å². The van der Waals surface area contributed by atoms with Crippen LogP contribution in [0.1, 0.15) is 47.8 Å². The first-order valence-corrected chi connectivity index (χ1v) is 15.4. The number of carbonyl (C=O) groups excluding carboxylic acids is 1. The van der Waals surface area contributed by atoms with Crippen LogP contribution < -0.4 is 10.5 Å². The van der Waals surface area contributed by atoms with E-state index in [1.54, 1.807) is 6.07 Å². The van der Waals surface area contributed by atoms with Crippen molar-refractivity contribution in [1.82, 2.24) is 13.6 Å². The Morgan fingerprint density at radius 3 is 2.59 bits per heavy atom. The summed E-state index contributed by atoms with van der Waals surface area (Å²) in [5, 5.41) is -0.533. The number of halogens is 1. The molecular formula is C25H30FN5O6S2. The lowest BCUT2D eigenvalue weighted by atomic mass is 9.77. The summed E-state index contributed by atoms with van der Waals surface area (Å²) < 4.78 is 74.9. The highest BCUT2D eigenvalue weighted by molar-refractivity contribution is 7.91. The first-order valence-electron chi connectivity index (χ1n) is 12.4. The minimum absolute atomic E-state index is 0.0418. The number of carbonyl (C=O) groups is 1. The van der Waals surface area contributed by atoms with Crippen LogP contribution in [0.4, 0.5) is 4.39 Å². The summed E-state index contributed by atoms with van der Waals surface area (Å²) in [7, 11) is -5.27. The number of guanidine groups is 1. The van der Waals surface area contributed by atoms with Gasteiger partial charge in [0, 0.05) is 32.1 Å². The largest absolute Gasteiger partial charge is 0.495 e. The van der Waals surface area contributed by atoms with Gasteiger partial charge in [0.15, 0.2) is 5.78 Å². The molecule has 0 bridgehead atoms. The molecule has 1 spiro atoms. The predicted octanol–water partition coefficient (Wildman–Crippen LogP) is 1.40. The molecule has 1 saturated carbocycles. The highest BCUT2D eigenvalue weighted by Gasteiger charge is 2.67. The molecule has 2 N–H and O–H groups in total. The molecule has 2 aromatic rings. The van der Waals surface area contributed by atoms with Crippen LogP contribution >= 0.6 is 0 Å². The number of Topliss-reactive ketones (excluding diaryl/α,β-unsaturated/α-hetero) is 1. The lowest BCUT2D eigenvalue weighted by Gasteiger charge is -2.48. The maximum atomic E-state index is 15.6. The van der Waals surface area contributed by atoms with E-state index in [-0.39, 0.29) is 48.9 Å². The van der Waals surface area contributed by atoms with Crippen LogP contribution in [0.3, 0.4) is 0 Å². The molecule has 2 fully saturated rings. The first kappa shape index (κ1) is 27.5. The summed E-state index contributed by atoms with van der Waals surface area (Å²) in [4.78, 5) is 21.5. The normalized spacial score (nSPS) is 27.0.